The highest BCUT2D eigenvalue weighted by Crippen LogP contribution is 2.29. The van der Waals surface area contributed by atoms with Crippen LogP contribution in [0, 0.1) is 20.8 Å². The van der Waals surface area contributed by atoms with E-state index in [4.69, 9.17) is 4.74 Å². The summed E-state index contributed by atoms with van der Waals surface area (Å²) in [5.74, 6) is -0.148. The molecule has 2 saturated heterocycles. The molecule has 1 N–H and O–H groups in total. The van der Waals surface area contributed by atoms with Crippen LogP contribution in [0.1, 0.15) is 34.2 Å². The molecule has 1 aromatic heterocycles. The Bertz CT molecular complexity index is 1110. The molecule has 2 aromatic rings. The van der Waals surface area contributed by atoms with Crippen molar-refractivity contribution in [2.75, 3.05) is 50.8 Å². The molecule has 8 nitrogen and oxygen atoms in total. The lowest BCUT2D eigenvalue weighted by Gasteiger charge is -2.41. The van der Waals surface area contributed by atoms with Crippen molar-refractivity contribution in [2.24, 2.45) is 0 Å². The van der Waals surface area contributed by atoms with Crippen LogP contribution < -0.4 is 4.90 Å². The Hall–Kier alpha value is -2.36. The van der Waals surface area contributed by atoms with Gasteiger partial charge in [0.05, 0.1) is 13.2 Å². The normalized spacial score (nSPS) is 20.6. The van der Waals surface area contributed by atoms with E-state index in [0.29, 0.717) is 56.3 Å². The standard InChI is InChI=1S/C23H32N4O4S/c1-16-6-5-7-20(14-16)27-9-8-25(15-17(27)2)23(28)21-18(3)22(19(4)24-21)32(29,30)26-10-12-31-13-11-26/h5-7,14,17,24H,8-13,15H2,1-4H3. The summed E-state index contributed by atoms with van der Waals surface area (Å²) in [6.45, 7) is 10.9. The monoisotopic (exact) mass is 460 g/mol. The molecule has 174 valence electrons. The largest absolute Gasteiger partial charge is 0.379 e. The molecule has 4 rings (SSSR count). The number of carbonyl (C=O) groups is 1. The highest BCUT2D eigenvalue weighted by molar-refractivity contribution is 7.89. The van der Waals surface area contributed by atoms with E-state index < -0.39 is 10.0 Å². The summed E-state index contributed by atoms with van der Waals surface area (Å²) in [6, 6.07) is 8.54. The molecule has 1 unspecified atom stereocenters. The van der Waals surface area contributed by atoms with Crippen molar-refractivity contribution < 1.29 is 17.9 Å². The van der Waals surface area contributed by atoms with Gasteiger partial charge in [-0.3, -0.25) is 4.79 Å². The Labute approximate surface area is 190 Å². The second-order valence-electron chi connectivity index (χ2n) is 8.73. The number of piperazine rings is 1. The van der Waals surface area contributed by atoms with Gasteiger partial charge in [-0.05, 0) is 51.0 Å². The topological polar surface area (TPSA) is 86.0 Å². The van der Waals surface area contributed by atoms with E-state index >= 15 is 0 Å². The minimum Gasteiger partial charge on any atom is -0.379 e. The number of nitrogens with one attached hydrogen (secondary N) is 1. The molecular weight excluding hydrogens is 428 g/mol. The van der Waals surface area contributed by atoms with Gasteiger partial charge >= 0.3 is 0 Å². The van der Waals surface area contributed by atoms with E-state index in [9.17, 15) is 13.2 Å². The minimum atomic E-state index is -3.68. The number of hydrogen-bond acceptors (Lipinski definition) is 5. The van der Waals surface area contributed by atoms with Crippen LogP contribution in [-0.2, 0) is 14.8 Å². The summed E-state index contributed by atoms with van der Waals surface area (Å²) in [5, 5.41) is 0. The van der Waals surface area contributed by atoms with Gasteiger partial charge in [-0.1, -0.05) is 12.1 Å². The molecule has 2 aliphatic heterocycles. The smallest absolute Gasteiger partial charge is 0.270 e. The molecule has 0 spiro atoms. The number of anilines is 1. The molecule has 9 heteroatoms. The highest BCUT2D eigenvalue weighted by Gasteiger charge is 2.35. The predicted octanol–water partition coefficient (Wildman–Crippen LogP) is 2.31. The zero-order valence-corrected chi connectivity index (χ0v) is 20.0. The third-order valence-electron chi connectivity index (χ3n) is 6.40. The molecule has 0 saturated carbocycles. The number of carbonyl (C=O) groups excluding carboxylic acids is 1. The number of benzene rings is 1. The van der Waals surface area contributed by atoms with E-state index in [0.717, 1.165) is 12.2 Å². The summed E-state index contributed by atoms with van der Waals surface area (Å²) in [5.41, 5.74) is 3.73. The molecule has 0 radical (unpaired) electrons. The summed E-state index contributed by atoms with van der Waals surface area (Å²) < 4.78 is 33.2. The fourth-order valence-corrected chi connectivity index (χ4v) is 6.55. The number of amides is 1. The molecule has 1 atom stereocenters. The van der Waals surface area contributed by atoms with Crippen molar-refractivity contribution in [3.8, 4) is 0 Å². The van der Waals surface area contributed by atoms with Crippen LogP contribution in [0.4, 0.5) is 5.69 Å². The first-order valence-corrected chi connectivity index (χ1v) is 12.5. The van der Waals surface area contributed by atoms with E-state index in [2.05, 4.69) is 48.0 Å². The summed E-state index contributed by atoms with van der Waals surface area (Å²) >= 11 is 0. The Morgan fingerprint density at radius 2 is 1.81 bits per heavy atom. The van der Waals surface area contributed by atoms with Gasteiger partial charge in [0.1, 0.15) is 10.6 Å². The van der Waals surface area contributed by atoms with Gasteiger partial charge in [-0.25, -0.2) is 8.42 Å². The summed E-state index contributed by atoms with van der Waals surface area (Å²) in [4.78, 5) is 20.8. The number of morpholine rings is 1. The van der Waals surface area contributed by atoms with E-state index in [1.165, 1.54) is 9.87 Å². The highest BCUT2D eigenvalue weighted by atomic mass is 32.2. The minimum absolute atomic E-state index is 0.148. The summed E-state index contributed by atoms with van der Waals surface area (Å²) in [7, 11) is -3.68. The molecule has 2 aliphatic rings. The molecule has 1 aromatic carbocycles. The van der Waals surface area contributed by atoms with Gasteiger partial charge in [-0.15, -0.1) is 0 Å². The van der Waals surface area contributed by atoms with Crippen LogP contribution in [0.3, 0.4) is 0 Å². The average molecular weight is 461 g/mol. The molecular formula is C23H32N4O4S. The van der Waals surface area contributed by atoms with Crippen molar-refractivity contribution in [3.63, 3.8) is 0 Å². The van der Waals surface area contributed by atoms with Crippen LogP contribution in [-0.4, -0.2) is 80.5 Å². The molecule has 1 amide bonds. The number of H-pyrrole nitrogens is 1. The Kier molecular flexibility index (Phi) is 6.33. The Morgan fingerprint density at radius 1 is 1.09 bits per heavy atom. The number of aromatic amines is 1. The lowest BCUT2D eigenvalue weighted by Crippen LogP contribution is -2.54. The van der Waals surface area contributed by atoms with Gasteiger partial charge in [0.25, 0.3) is 5.91 Å². The van der Waals surface area contributed by atoms with Gasteiger partial charge in [0.2, 0.25) is 10.0 Å². The quantitative estimate of drug-likeness (QED) is 0.757. The number of hydrogen-bond donors (Lipinski definition) is 1. The van der Waals surface area contributed by atoms with Crippen molar-refractivity contribution in [1.82, 2.24) is 14.2 Å². The van der Waals surface area contributed by atoms with E-state index in [-0.39, 0.29) is 16.8 Å². The lowest BCUT2D eigenvalue weighted by atomic mass is 10.1. The SMILES string of the molecule is Cc1cccc(N2CCN(C(=O)c3[nH]c(C)c(S(=O)(=O)N4CCOCC4)c3C)CC2C)c1. The number of aryl methyl sites for hydroxylation is 2. The van der Waals surface area contributed by atoms with Crippen molar-refractivity contribution in [3.05, 3.63) is 46.8 Å². The van der Waals surface area contributed by atoms with Gasteiger partial charge in [0, 0.05) is 50.1 Å². The van der Waals surface area contributed by atoms with Gasteiger partial charge in [0.15, 0.2) is 0 Å². The zero-order valence-electron chi connectivity index (χ0n) is 19.2. The van der Waals surface area contributed by atoms with Gasteiger partial charge < -0.3 is 19.5 Å². The van der Waals surface area contributed by atoms with Crippen molar-refractivity contribution in [1.29, 1.82) is 0 Å². The fraction of sp³-hybridized carbons (Fsp3) is 0.522. The Morgan fingerprint density at radius 3 is 2.47 bits per heavy atom. The average Bonchev–Trinajstić information content (AvgIpc) is 3.08. The van der Waals surface area contributed by atoms with Crippen LogP contribution in [0.5, 0.6) is 0 Å². The maximum absolute atomic E-state index is 13.4. The molecule has 0 aliphatic carbocycles. The first-order valence-electron chi connectivity index (χ1n) is 11.1. The first kappa shape index (κ1) is 22.8. The number of ether oxygens (including phenoxy) is 1. The fourth-order valence-electron chi connectivity index (χ4n) is 4.74. The van der Waals surface area contributed by atoms with Gasteiger partial charge in [-0.2, -0.15) is 4.31 Å². The second kappa shape index (κ2) is 8.88. The number of rotatable bonds is 4. The number of nitrogens with zero attached hydrogens (tertiary/aromatic N) is 3. The molecule has 0 bridgehead atoms. The zero-order chi connectivity index (χ0) is 23.0. The predicted molar refractivity (Wildman–Crippen MR) is 124 cm³/mol. The van der Waals surface area contributed by atoms with Crippen LogP contribution in [0.25, 0.3) is 0 Å². The van der Waals surface area contributed by atoms with Crippen LogP contribution >= 0.6 is 0 Å². The van der Waals surface area contributed by atoms with Crippen LogP contribution in [0.2, 0.25) is 0 Å². The molecule has 2 fully saturated rings. The van der Waals surface area contributed by atoms with E-state index in [1.807, 2.05) is 4.90 Å². The maximum Gasteiger partial charge on any atom is 0.270 e. The molecule has 3 heterocycles. The van der Waals surface area contributed by atoms with E-state index in [1.54, 1.807) is 13.8 Å². The van der Waals surface area contributed by atoms with Crippen molar-refractivity contribution >= 4 is 21.6 Å². The summed E-state index contributed by atoms with van der Waals surface area (Å²) in [6.07, 6.45) is 0. The van der Waals surface area contributed by atoms with Crippen molar-refractivity contribution in [2.45, 2.75) is 38.6 Å². The maximum atomic E-state index is 13.4. The third-order valence-corrected chi connectivity index (χ3v) is 8.57. The third kappa shape index (κ3) is 4.16. The Balaban J connectivity index is 1.54. The molecule has 32 heavy (non-hydrogen) atoms. The number of sulfonamides is 1. The second-order valence-corrected chi connectivity index (χ2v) is 10.6. The first-order chi connectivity index (χ1) is 15.2. The lowest BCUT2D eigenvalue weighted by molar-refractivity contribution is 0.0719. The number of aromatic nitrogens is 1. The van der Waals surface area contributed by atoms with Crippen LogP contribution in [0.15, 0.2) is 29.2 Å².